The molecule has 1 aliphatic carbocycles. The monoisotopic (exact) mass is 368 g/mol. The summed E-state index contributed by atoms with van der Waals surface area (Å²) in [6, 6.07) is 22.7. The first kappa shape index (κ1) is 17.1. The fourth-order valence-electron chi connectivity index (χ4n) is 4.46. The molecule has 3 nitrogen and oxygen atoms in total. The molecule has 0 radical (unpaired) electrons. The van der Waals surface area contributed by atoms with Gasteiger partial charge in [-0.3, -0.25) is 4.99 Å². The molecule has 0 aromatic heterocycles. The first-order chi connectivity index (χ1) is 13.8. The lowest BCUT2D eigenvalue weighted by atomic mass is 9.87. The van der Waals surface area contributed by atoms with E-state index >= 15 is 0 Å². The fraction of sp³-hybridized carbons (Fsp3) is 0.240. The molecule has 2 N–H and O–H groups in total. The summed E-state index contributed by atoms with van der Waals surface area (Å²) >= 11 is 0. The molecule has 0 unspecified atom stereocenters. The lowest BCUT2D eigenvalue weighted by Gasteiger charge is -2.17. The number of benzene rings is 3. The third-order valence-electron chi connectivity index (χ3n) is 5.93. The number of amidine groups is 1. The van der Waals surface area contributed by atoms with E-state index in [9.17, 15) is 0 Å². The van der Waals surface area contributed by atoms with Gasteiger partial charge in [-0.15, -0.1) is 0 Å². The number of para-hydroxylation sites is 1. The number of hydrogen-bond acceptors (Lipinski definition) is 3. The van der Waals surface area contributed by atoms with Crippen LogP contribution in [0.5, 0.6) is 11.5 Å². The molecule has 0 bridgehead atoms. The molecule has 2 aliphatic rings. The number of nitrogens with two attached hydrogens (primary N) is 1. The summed E-state index contributed by atoms with van der Waals surface area (Å²) in [6.45, 7) is 0.733. The van der Waals surface area contributed by atoms with E-state index in [1.165, 1.54) is 47.9 Å². The van der Waals surface area contributed by atoms with Crippen LogP contribution in [0.3, 0.4) is 0 Å². The van der Waals surface area contributed by atoms with E-state index in [0.717, 1.165) is 23.6 Å². The largest absolute Gasteiger partial charge is 0.457 e. The number of hydrogen-bond donors (Lipinski definition) is 1. The molecule has 5 rings (SSSR count). The second-order valence-corrected chi connectivity index (χ2v) is 7.71. The van der Waals surface area contributed by atoms with Gasteiger partial charge in [0, 0.05) is 5.56 Å². The summed E-state index contributed by atoms with van der Waals surface area (Å²) in [5.41, 5.74) is 12.5. The van der Waals surface area contributed by atoms with E-state index < -0.39 is 0 Å². The van der Waals surface area contributed by atoms with Crippen molar-refractivity contribution in [3.8, 4) is 22.6 Å². The van der Waals surface area contributed by atoms with E-state index in [0.29, 0.717) is 11.8 Å². The molecule has 0 spiro atoms. The van der Waals surface area contributed by atoms with Crippen LogP contribution in [-0.4, -0.2) is 5.84 Å². The van der Waals surface area contributed by atoms with Gasteiger partial charge < -0.3 is 10.5 Å². The zero-order valence-corrected chi connectivity index (χ0v) is 15.9. The highest BCUT2D eigenvalue weighted by molar-refractivity contribution is 6.02. The van der Waals surface area contributed by atoms with Crippen molar-refractivity contribution in [3.63, 3.8) is 0 Å². The Morgan fingerprint density at radius 2 is 1.54 bits per heavy atom. The zero-order valence-electron chi connectivity index (χ0n) is 15.9. The Labute approximate surface area is 165 Å². The molecule has 1 heterocycles. The van der Waals surface area contributed by atoms with Gasteiger partial charge in [-0.1, -0.05) is 49.2 Å². The van der Waals surface area contributed by atoms with Crippen molar-refractivity contribution in [3.05, 3.63) is 83.4 Å². The summed E-state index contributed by atoms with van der Waals surface area (Å²) in [5.74, 6) is 3.02. The highest BCUT2D eigenvalue weighted by Gasteiger charge is 2.25. The smallest absolute Gasteiger partial charge is 0.127 e. The van der Waals surface area contributed by atoms with Gasteiger partial charge in [0.1, 0.15) is 17.3 Å². The molecule has 140 valence electrons. The Bertz CT molecular complexity index is 1020. The van der Waals surface area contributed by atoms with Crippen LogP contribution in [0.2, 0.25) is 0 Å². The summed E-state index contributed by atoms with van der Waals surface area (Å²) < 4.78 is 5.93. The normalized spacial score (nSPS) is 16.1. The molecule has 0 amide bonds. The minimum absolute atomic E-state index is 0.649. The molecule has 3 heteroatoms. The van der Waals surface area contributed by atoms with Gasteiger partial charge >= 0.3 is 0 Å². The van der Waals surface area contributed by atoms with Gasteiger partial charge in [-0.05, 0) is 71.3 Å². The molecule has 0 saturated heterocycles. The van der Waals surface area contributed by atoms with Gasteiger partial charge in [-0.25, -0.2) is 0 Å². The first-order valence-electron chi connectivity index (χ1n) is 10.1. The van der Waals surface area contributed by atoms with E-state index in [1.54, 1.807) is 0 Å². The summed E-state index contributed by atoms with van der Waals surface area (Å²) in [7, 11) is 0. The van der Waals surface area contributed by atoms with Crippen LogP contribution in [0.1, 0.15) is 48.3 Å². The van der Waals surface area contributed by atoms with Crippen LogP contribution in [0.4, 0.5) is 0 Å². The van der Waals surface area contributed by atoms with Crippen LogP contribution in [0, 0.1) is 0 Å². The van der Waals surface area contributed by atoms with Crippen LogP contribution in [-0.2, 0) is 6.54 Å². The minimum atomic E-state index is 0.649. The van der Waals surface area contributed by atoms with E-state index in [4.69, 9.17) is 10.5 Å². The van der Waals surface area contributed by atoms with Crippen molar-refractivity contribution in [1.29, 1.82) is 0 Å². The van der Waals surface area contributed by atoms with Gasteiger partial charge in [0.25, 0.3) is 0 Å². The van der Waals surface area contributed by atoms with Gasteiger partial charge in [-0.2, -0.15) is 0 Å². The van der Waals surface area contributed by atoms with Crippen molar-refractivity contribution in [2.24, 2.45) is 10.7 Å². The highest BCUT2D eigenvalue weighted by Crippen LogP contribution is 2.40. The maximum Gasteiger partial charge on any atom is 0.127 e. The standard InChI is InChI=1S/C25H24N2O/c26-25-23-15-19(14-22(24(23)16-27-25)18-6-4-5-7-18)17-10-12-21(13-11-17)28-20-8-2-1-3-9-20/h1-3,8-15,18H,4-7,16H2,(H2,26,27). The third-order valence-corrected chi connectivity index (χ3v) is 5.93. The van der Waals surface area contributed by atoms with Crippen LogP contribution < -0.4 is 10.5 Å². The number of fused-ring (bicyclic) bond motifs is 1. The van der Waals surface area contributed by atoms with E-state index in [2.05, 4.69) is 29.3 Å². The summed E-state index contributed by atoms with van der Waals surface area (Å²) in [6.07, 6.45) is 5.20. The Balaban J connectivity index is 1.48. The molecule has 0 atom stereocenters. The average molecular weight is 368 g/mol. The Morgan fingerprint density at radius 3 is 2.29 bits per heavy atom. The lowest BCUT2D eigenvalue weighted by molar-refractivity contribution is 0.483. The number of ether oxygens (including phenoxy) is 1. The summed E-state index contributed by atoms with van der Waals surface area (Å²) in [5, 5.41) is 0. The topological polar surface area (TPSA) is 47.6 Å². The quantitative estimate of drug-likeness (QED) is 0.612. The molecule has 28 heavy (non-hydrogen) atoms. The van der Waals surface area contributed by atoms with Crippen molar-refractivity contribution in [2.75, 3.05) is 0 Å². The van der Waals surface area contributed by atoms with E-state index in [-0.39, 0.29) is 0 Å². The zero-order chi connectivity index (χ0) is 18.9. The number of nitrogens with zero attached hydrogens (tertiary/aromatic N) is 1. The minimum Gasteiger partial charge on any atom is -0.457 e. The molecular formula is C25H24N2O. The second-order valence-electron chi connectivity index (χ2n) is 7.71. The highest BCUT2D eigenvalue weighted by atomic mass is 16.5. The second kappa shape index (κ2) is 7.16. The Morgan fingerprint density at radius 1 is 0.821 bits per heavy atom. The van der Waals surface area contributed by atoms with Crippen LogP contribution in [0.15, 0.2) is 71.7 Å². The van der Waals surface area contributed by atoms with Crippen LogP contribution in [0.25, 0.3) is 11.1 Å². The average Bonchev–Trinajstić information content (AvgIpc) is 3.39. The first-order valence-corrected chi connectivity index (χ1v) is 10.1. The fourth-order valence-corrected chi connectivity index (χ4v) is 4.46. The SMILES string of the molecule is NC1=NCc2c1cc(-c1ccc(Oc3ccccc3)cc1)cc2C1CCCC1. The third kappa shape index (κ3) is 3.18. The van der Waals surface area contributed by atoms with Gasteiger partial charge in [0.2, 0.25) is 0 Å². The lowest BCUT2D eigenvalue weighted by Crippen LogP contribution is -2.12. The number of rotatable bonds is 4. The van der Waals surface area contributed by atoms with Crippen molar-refractivity contribution < 1.29 is 4.74 Å². The summed E-state index contributed by atoms with van der Waals surface area (Å²) in [4.78, 5) is 4.51. The molecule has 3 aromatic rings. The van der Waals surface area contributed by atoms with E-state index in [1.807, 2.05) is 42.5 Å². The molecule has 1 saturated carbocycles. The van der Waals surface area contributed by atoms with Crippen molar-refractivity contribution in [2.45, 2.75) is 38.1 Å². The predicted octanol–water partition coefficient (Wildman–Crippen LogP) is 6.02. The number of aliphatic imine (C=N–C) groups is 1. The van der Waals surface area contributed by atoms with Crippen LogP contribution >= 0.6 is 0 Å². The maximum absolute atomic E-state index is 6.20. The predicted molar refractivity (Wildman–Crippen MR) is 114 cm³/mol. The molecular weight excluding hydrogens is 344 g/mol. The van der Waals surface area contributed by atoms with Crippen molar-refractivity contribution in [1.82, 2.24) is 0 Å². The molecule has 1 fully saturated rings. The maximum atomic E-state index is 6.20. The van der Waals surface area contributed by atoms with Crippen molar-refractivity contribution >= 4 is 5.84 Å². The molecule has 3 aromatic carbocycles. The Hall–Kier alpha value is -3.07. The van der Waals surface area contributed by atoms with Gasteiger partial charge in [0.05, 0.1) is 6.54 Å². The molecule has 1 aliphatic heterocycles. The Kier molecular flexibility index (Phi) is 4.36. The van der Waals surface area contributed by atoms with Gasteiger partial charge in [0.15, 0.2) is 0 Å².